The number of non-ortho nitro benzene ring substituents is 1. The molecule has 2 N–H and O–H groups in total. The van der Waals surface area contributed by atoms with Crippen LogP contribution in [0.3, 0.4) is 0 Å². The van der Waals surface area contributed by atoms with E-state index in [0.717, 1.165) is 5.56 Å². The average Bonchev–Trinajstić information content (AvgIpc) is 3.40. The van der Waals surface area contributed by atoms with Gasteiger partial charge in [-0.1, -0.05) is 29.8 Å². The summed E-state index contributed by atoms with van der Waals surface area (Å²) in [4.78, 5) is 34.1. The Morgan fingerprint density at radius 2 is 1.76 bits per heavy atom. The minimum Gasteiger partial charge on any atom is -0.273 e. The first-order valence-electron chi connectivity index (χ1n) is 7.56. The second-order valence-corrected chi connectivity index (χ2v) is 6.12. The Balaban J connectivity index is 1.54. The number of nitro groups is 1. The van der Waals surface area contributed by atoms with Crippen molar-refractivity contribution in [1.29, 1.82) is 0 Å². The maximum atomic E-state index is 12.1. The summed E-state index contributed by atoms with van der Waals surface area (Å²) >= 11 is 6.12. The number of nitrogens with zero attached hydrogens (tertiary/aromatic N) is 1. The summed E-state index contributed by atoms with van der Waals surface area (Å²) in [6.45, 7) is 0. The summed E-state index contributed by atoms with van der Waals surface area (Å²) in [5.74, 6) is -1.03. The van der Waals surface area contributed by atoms with E-state index in [1.165, 1.54) is 24.3 Å². The number of carbonyl (C=O) groups excluding carboxylic acids is 2. The van der Waals surface area contributed by atoms with Gasteiger partial charge in [0.25, 0.3) is 11.6 Å². The van der Waals surface area contributed by atoms with Gasteiger partial charge in [-0.2, -0.15) is 0 Å². The van der Waals surface area contributed by atoms with Gasteiger partial charge in [-0.25, -0.2) is 0 Å². The third kappa shape index (κ3) is 3.77. The zero-order chi connectivity index (χ0) is 18.0. The van der Waals surface area contributed by atoms with Crippen molar-refractivity contribution >= 4 is 29.1 Å². The third-order valence-electron chi connectivity index (χ3n) is 4.07. The Morgan fingerprint density at radius 1 is 1.08 bits per heavy atom. The summed E-state index contributed by atoms with van der Waals surface area (Å²) in [7, 11) is 0. The van der Waals surface area contributed by atoms with Crippen LogP contribution in [0.2, 0.25) is 5.02 Å². The zero-order valence-corrected chi connectivity index (χ0v) is 13.7. The molecule has 1 aliphatic rings. The van der Waals surface area contributed by atoms with Gasteiger partial charge in [0.1, 0.15) is 0 Å². The van der Waals surface area contributed by atoms with Gasteiger partial charge in [0.15, 0.2) is 0 Å². The van der Waals surface area contributed by atoms with Crippen molar-refractivity contribution in [1.82, 2.24) is 10.9 Å². The Hall–Kier alpha value is -2.93. The van der Waals surface area contributed by atoms with E-state index in [9.17, 15) is 19.7 Å². The van der Waals surface area contributed by atoms with E-state index < -0.39 is 10.8 Å². The molecule has 8 heteroatoms. The summed E-state index contributed by atoms with van der Waals surface area (Å²) in [5.41, 5.74) is 5.72. The van der Waals surface area contributed by atoms with Crippen LogP contribution in [0.4, 0.5) is 5.69 Å². The highest BCUT2D eigenvalue weighted by molar-refractivity contribution is 6.31. The smallest absolute Gasteiger partial charge is 0.269 e. The molecule has 1 fully saturated rings. The largest absolute Gasteiger partial charge is 0.273 e. The highest BCUT2D eigenvalue weighted by Crippen LogP contribution is 2.49. The van der Waals surface area contributed by atoms with Crippen molar-refractivity contribution in [2.45, 2.75) is 12.3 Å². The monoisotopic (exact) mass is 359 g/mol. The van der Waals surface area contributed by atoms with Crippen molar-refractivity contribution in [2.75, 3.05) is 0 Å². The van der Waals surface area contributed by atoms with E-state index in [0.29, 0.717) is 11.4 Å². The number of hydrogen-bond acceptors (Lipinski definition) is 4. The lowest BCUT2D eigenvalue weighted by Crippen LogP contribution is -2.42. The quantitative estimate of drug-likeness (QED) is 0.647. The van der Waals surface area contributed by atoms with Crippen molar-refractivity contribution in [2.24, 2.45) is 5.92 Å². The van der Waals surface area contributed by atoms with Crippen LogP contribution in [0.5, 0.6) is 0 Å². The number of hydrazine groups is 1. The molecule has 2 amide bonds. The Bertz CT molecular complexity index is 838. The highest BCUT2D eigenvalue weighted by Gasteiger charge is 2.44. The van der Waals surface area contributed by atoms with Crippen molar-refractivity contribution in [3.8, 4) is 0 Å². The van der Waals surface area contributed by atoms with Gasteiger partial charge >= 0.3 is 0 Å². The van der Waals surface area contributed by atoms with E-state index >= 15 is 0 Å². The zero-order valence-electron chi connectivity index (χ0n) is 12.9. The topological polar surface area (TPSA) is 101 Å². The number of rotatable bonds is 4. The van der Waals surface area contributed by atoms with Gasteiger partial charge in [-0.3, -0.25) is 30.6 Å². The molecule has 25 heavy (non-hydrogen) atoms. The Kier molecular flexibility index (Phi) is 4.67. The summed E-state index contributed by atoms with van der Waals surface area (Å²) in [5, 5.41) is 11.2. The molecule has 2 aromatic carbocycles. The molecule has 0 aromatic heterocycles. The van der Waals surface area contributed by atoms with Gasteiger partial charge in [0.05, 0.1) is 4.92 Å². The number of nitro benzene ring substituents is 1. The maximum Gasteiger partial charge on any atom is 0.269 e. The minimum atomic E-state index is -0.550. The van der Waals surface area contributed by atoms with Crippen molar-refractivity contribution < 1.29 is 14.5 Å². The highest BCUT2D eigenvalue weighted by atomic mass is 35.5. The van der Waals surface area contributed by atoms with Crippen LogP contribution in [0.1, 0.15) is 28.3 Å². The molecule has 0 spiro atoms. The van der Waals surface area contributed by atoms with Crippen LogP contribution in [0.25, 0.3) is 0 Å². The summed E-state index contributed by atoms with van der Waals surface area (Å²) < 4.78 is 0. The van der Waals surface area contributed by atoms with Gasteiger partial charge in [0.2, 0.25) is 5.91 Å². The van der Waals surface area contributed by atoms with E-state index in [4.69, 9.17) is 11.6 Å². The van der Waals surface area contributed by atoms with E-state index in [-0.39, 0.29) is 29.0 Å². The molecule has 128 valence electrons. The van der Waals surface area contributed by atoms with E-state index in [1.54, 1.807) is 6.07 Å². The van der Waals surface area contributed by atoms with E-state index in [1.807, 2.05) is 18.2 Å². The fraction of sp³-hybridized carbons (Fsp3) is 0.176. The first-order valence-corrected chi connectivity index (χ1v) is 7.94. The fourth-order valence-corrected chi connectivity index (χ4v) is 2.90. The van der Waals surface area contributed by atoms with Crippen LogP contribution in [0, 0.1) is 16.0 Å². The first-order chi connectivity index (χ1) is 12.0. The minimum absolute atomic E-state index is 0.0463. The molecule has 2 unspecified atom stereocenters. The van der Waals surface area contributed by atoms with Crippen LogP contribution < -0.4 is 10.9 Å². The van der Waals surface area contributed by atoms with Gasteiger partial charge < -0.3 is 0 Å². The number of amides is 2. The standard InChI is InChI=1S/C17H14ClN3O4/c18-15-4-2-1-3-12(15)13-9-14(13)17(23)20-19-16(22)10-5-7-11(8-6-10)21(24)25/h1-8,13-14H,9H2,(H,19,22)(H,20,23). The Labute approximate surface area is 148 Å². The average molecular weight is 360 g/mol. The molecule has 2 aromatic rings. The molecule has 7 nitrogen and oxygen atoms in total. The lowest BCUT2D eigenvalue weighted by atomic mass is 10.1. The second kappa shape index (κ2) is 6.90. The molecule has 0 heterocycles. The number of hydrogen-bond donors (Lipinski definition) is 2. The number of nitrogens with one attached hydrogen (secondary N) is 2. The van der Waals surface area contributed by atoms with Crippen LogP contribution >= 0.6 is 11.6 Å². The Morgan fingerprint density at radius 3 is 2.40 bits per heavy atom. The van der Waals surface area contributed by atoms with Crippen LogP contribution in [-0.4, -0.2) is 16.7 Å². The fourth-order valence-electron chi connectivity index (χ4n) is 2.62. The molecule has 0 radical (unpaired) electrons. The SMILES string of the molecule is O=C(NNC(=O)C1CC1c1ccccc1Cl)c1ccc([N+](=O)[O-])cc1. The normalized spacial score (nSPS) is 18.3. The third-order valence-corrected chi connectivity index (χ3v) is 4.42. The van der Waals surface area contributed by atoms with Gasteiger partial charge in [0, 0.05) is 28.6 Å². The molecule has 0 aliphatic heterocycles. The van der Waals surface area contributed by atoms with Crippen LogP contribution in [-0.2, 0) is 4.79 Å². The number of carbonyl (C=O) groups is 2. The van der Waals surface area contributed by atoms with Gasteiger partial charge in [-0.05, 0) is 36.1 Å². The second-order valence-electron chi connectivity index (χ2n) is 5.72. The lowest BCUT2D eigenvalue weighted by molar-refractivity contribution is -0.384. The van der Waals surface area contributed by atoms with Crippen molar-refractivity contribution in [3.05, 3.63) is 74.8 Å². The molecule has 0 saturated heterocycles. The molecule has 1 saturated carbocycles. The van der Waals surface area contributed by atoms with Crippen molar-refractivity contribution in [3.63, 3.8) is 0 Å². The number of halogens is 1. The molecular formula is C17H14ClN3O4. The molecule has 1 aliphatic carbocycles. The van der Waals surface area contributed by atoms with Gasteiger partial charge in [-0.15, -0.1) is 0 Å². The van der Waals surface area contributed by atoms with E-state index in [2.05, 4.69) is 10.9 Å². The molecule has 3 rings (SSSR count). The number of benzene rings is 2. The van der Waals surface area contributed by atoms with Crippen LogP contribution in [0.15, 0.2) is 48.5 Å². The first kappa shape index (κ1) is 16.9. The molecular weight excluding hydrogens is 346 g/mol. The summed E-state index contributed by atoms with van der Waals surface area (Å²) in [6, 6.07) is 12.5. The maximum absolute atomic E-state index is 12.1. The lowest BCUT2D eigenvalue weighted by Gasteiger charge is -2.07. The predicted molar refractivity (Wildman–Crippen MR) is 91.0 cm³/mol. The molecule has 0 bridgehead atoms. The molecule has 2 atom stereocenters. The predicted octanol–water partition coefficient (Wildman–Crippen LogP) is 2.81. The summed E-state index contributed by atoms with van der Waals surface area (Å²) in [6.07, 6.45) is 0.670.